The van der Waals surface area contributed by atoms with E-state index < -0.39 is 0 Å². The molecule has 22 heavy (non-hydrogen) atoms. The molecule has 0 aromatic carbocycles. The zero-order chi connectivity index (χ0) is 16.1. The molecule has 0 bridgehead atoms. The lowest BCUT2D eigenvalue weighted by atomic mass is 10.1. The van der Waals surface area contributed by atoms with Crippen LogP contribution in [0, 0.1) is 5.92 Å². The van der Waals surface area contributed by atoms with E-state index >= 15 is 0 Å². The average Bonchev–Trinajstić information content (AvgIpc) is 2.87. The molecule has 118 valence electrons. The van der Waals surface area contributed by atoms with E-state index in [4.69, 9.17) is 5.84 Å². The van der Waals surface area contributed by atoms with Gasteiger partial charge in [-0.25, -0.2) is 4.68 Å². The fourth-order valence-electron chi connectivity index (χ4n) is 1.66. The van der Waals surface area contributed by atoms with Gasteiger partial charge in [-0.15, -0.1) is 10.2 Å². The molecular formula is C14H20N6OS. The first-order chi connectivity index (χ1) is 10.5. The van der Waals surface area contributed by atoms with Crippen molar-refractivity contribution in [2.45, 2.75) is 32.0 Å². The molecule has 3 N–H and O–H groups in total. The van der Waals surface area contributed by atoms with Crippen molar-refractivity contribution in [3.63, 3.8) is 0 Å². The Kier molecular flexibility index (Phi) is 5.37. The summed E-state index contributed by atoms with van der Waals surface area (Å²) in [6, 6.07) is 3.79. The fourth-order valence-corrected chi connectivity index (χ4v) is 2.33. The number of carbonyl (C=O) groups excluding carboxylic acids is 1. The molecule has 0 saturated heterocycles. The van der Waals surface area contributed by atoms with E-state index in [2.05, 4.69) is 34.3 Å². The average molecular weight is 320 g/mol. The van der Waals surface area contributed by atoms with E-state index in [1.54, 1.807) is 18.5 Å². The van der Waals surface area contributed by atoms with Crippen LogP contribution in [0.25, 0.3) is 11.4 Å². The molecule has 2 heterocycles. The van der Waals surface area contributed by atoms with Crippen LogP contribution in [0.2, 0.25) is 0 Å². The van der Waals surface area contributed by atoms with Crippen LogP contribution in [0.5, 0.6) is 0 Å². The monoisotopic (exact) mass is 320 g/mol. The van der Waals surface area contributed by atoms with Gasteiger partial charge in [0.2, 0.25) is 11.1 Å². The van der Waals surface area contributed by atoms with Crippen LogP contribution in [-0.2, 0) is 4.79 Å². The molecule has 1 atom stereocenters. The summed E-state index contributed by atoms with van der Waals surface area (Å²) in [5.41, 5.74) is 0.780. The number of rotatable bonds is 6. The van der Waals surface area contributed by atoms with Gasteiger partial charge in [0, 0.05) is 24.0 Å². The number of nitrogen functional groups attached to an aromatic ring is 1. The lowest BCUT2D eigenvalue weighted by molar-refractivity contribution is -0.119. The number of nitrogens with two attached hydrogens (primary N) is 1. The van der Waals surface area contributed by atoms with Crippen molar-refractivity contribution in [3.8, 4) is 11.4 Å². The van der Waals surface area contributed by atoms with Crippen molar-refractivity contribution in [2.75, 3.05) is 11.6 Å². The lowest BCUT2D eigenvalue weighted by Crippen LogP contribution is -2.37. The quantitative estimate of drug-likeness (QED) is 0.615. The van der Waals surface area contributed by atoms with Crippen molar-refractivity contribution in [2.24, 2.45) is 5.92 Å². The van der Waals surface area contributed by atoms with E-state index in [0.717, 1.165) is 5.56 Å². The predicted molar refractivity (Wildman–Crippen MR) is 86.6 cm³/mol. The van der Waals surface area contributed by atoms with Gasteiger partial charge in [-0.05, 0) is 25.0 Å². The van der Waals surface area contributed by atoms with Gasteiger partial charge in [-0.3, -0.25) is 9.78 Å². The SMILES string of the molecule is CC(C)[C@H](C)NC(=O)CSc1nnc(-c2cccnc2)n1N. The maximum Gasteiger partial charge on any atom is 0.230 e. The molecule has 0 aliphatic heterocycles. The van der Waals surface area contributed by atoms with E-state index in [9.17, 15) is 4.79 Å². The molecule has 1 amide bonds. The van der Waals surface area contributed by atoms with Gasteiger partial charge < -0.3 is 11.2 Å². The van der Waals surface area contributed by atoms with Gasteiger partial charge in [0.1, 0.15) is 0 Å². The minimum atomic E-state index is -0.0443. The van der Waals surface area contributed by atoms with Crippen LogP contribution >= 0.6 is 11.8 Å². The number of nitrogens with zero attached hydrogens (tertiary/aromatic N) is 4. The second kappa shape index (κ2) is 7.26. The lowest BCUT2D eigenvalue weighted by Gasteiger charge is -2.16. The third-order valence-corrected chi connectivity index (χ3v) is 4.25. The third-order valence-electron chi connectivity index (χ3n) is 3.31. The Morgan fingerprint density at radius 2 is 2.18 bits per heavy atom. The van der Waals surface area contributed by atoms with Crippen molar-refractivity contribution in [1.29, 1.82) is 0 Å². The summed E-state index contributed by atoms with van der Waals surface area (Å²) in [7, 11) is 0. The summed E-state index contributed by atoms with van der Waals surface area (Å²) < 4.78 is 1.38. The summed E-state index contributed by atoms with van der Waals surface area (Å²) in [6.07, 6.45) is 3.34. The van der Waals surface area contributed by atoms with Crippen LogP contribution in [0.1, 0.15) is 20.8 Å². The van der Waals surface area contributed by atoms with Gasteiger partial charge in [0.25, 0.3) is 0 Å². The molecule has 0 spiro atoms. The van der Waals surface area contributed by atoms with E-state index in [-0.39, 0.29) is 17.7 Å². The van der Waals surface area contributed by atoms with Gasteiger partial charge >= 0.3 is 0 Å². The Hall–Kier alpha value is -2.09. The number of carbonyl (C=O) groups is 1. The summed E-state index contributed by atoms with van der Waals surface area (Å²) in [6.45, 7) is 6.11. The van der Waals surface area contributed by atoms with Crippen molar-refractivity contribution < 1.29 is 4.79 Å². The van der Waals surface area contributed by atoms with Crippen molar-refractivity contribution in [1.82, 2.24) is 25.2 Å². The predicted octanol–water partition coefficient (Wildman–Crippen LogP) is 1.31. The Morgan fingerprint density at radius 1 is 1.41 bits per heavy atom. The molecule has 2 aromatic heterocycles. The first kappa shape index (κ1) is 16.3. The first-order valence-electron chi connectivity index (χ1n) is 7.02. The third kappa shape index (κ3) is 3.97. The normalized spacial score (nSPS) is 12.4. The van der Waals surface area contributed by atoms with E-state index in [0.29, 0.717) is 16.9 Å². The maximum atomic E-state index is 11.9. The van der Waals surface area contributed by atoms with Crippen LogP contribution in [0.15, 0.2) is 29.7 Å². The van der Waals surface area contributed by atoms with Crippen LogP contribution in [0.3, 0.4) is 0 Å². The smallest absolute Gasteiger partial charge is 0.230 e. The summed E-state index contributed by atoms with van der Waals surface area (Å²) in [4.78, 5) is 15.9. The molecule has 7 nitrogen and oxygen atoms in total. The first-order valence-corrected chi connectivity index (χ1v) is 8.00. The molecule has 2 aromatic rings. The van der Waals surface area contributed by atoms with Gasteiger partial charge in [-0.1, -0.05) is 25.6 Å². The zero-order valence-electron chi connectivity index (χ0n) is 12.9. The molecule has 0 unspecified atom stereocenters. The van der Waals surface area contributed by atoms with Crippen LogP contribution in [0.4, 0.5) is 0 Å². The summed E-state index contributed by atoms with van der Waals surface area (Å²) in [5, 5.41) is 11.5. The highest BCUT2D eigenvalue weighted by molar-refractivity contribution is 7.99. The van der Waals surface area contributed by atoms with E-state index in [1.807, 2.05) is 13.0 Å². The van der Waals surface area contributed by atoms with Gasteiger partial charge in [0.15, 0.2) is 5.82 Å². The Balaban J connectivity index is 1.97. The van der Waals surface area contributed by atoms with Crippen molar-refractivity contribution >= 4 is 17.7 Å². The highest BCUT2D eigenvalue weighted by Crippen LogP contribution is 2.20. The molecule has 2 rings (SSSR count). The Bertz CT molecular complexity index is 628. The minimum Gasteiger partial charge on any atom is -0.353 e. The van der Waals surface area contributed by atoms with Crippen LogP contribution in [-0.4, -0.2) is 37.6 Å². The molecule has 0 fully saturated rings. The largest absolute Gasteiger partial charge is 0.353 e. The standard InChI is InChI=1S/C14H20N6OS/c1-9(2)10(3)17-12(21)8-22-14-19-18-13(20(14)15)11-5-4-6-16-7-11/h4-7,9-10H,8,15H2,1-3H3,(H,17,21)/t10-/m0/s1. The number of amides is 1. The maximum absolute atomic E-state index is 11.9. The van der Waals surface area contributed by atoms with Crippen LogP contribution < -0.4 is 11.2 Å². The molecule has 0 saturated carbocycles. The van der Waals surface area contributed by atoms with Crippen molar-refractivity contribution in [3.05, 3.63) is 24.5 Å². The second-order valence-electron chi connectivity index (χ2n) is 5.31. The molecule has 0 radical (unpaired) electrons. The summed E-state index contributed by atoms with van der Waals surface area (Å²) >= 11 is 1.26. The number of hydrogen-bond donors (Lipinski definition) is 2. The van der Waals surface area contributed by atoms with E-state index in [1.165, 1.54) is 16.4 Å². The number of nitrogens with one attached hydrogen (secondary N) is 1. The van der Waals surface area contributed by atoms with Gasteiger partial charge in [-0.2, -0.15) is 0 Å². The molecule has 0 aliphatic rings. The number of aromatic nitrogens is 4. The highest BCUT2D eigenvalue weighted by Gasteiger charge is 2.15. The Morgan fingerprint density at radius 3 is 2.82 bits per heavy atom. The zero-order valence-corrected chi connectivity index (χ0v) is 13.7. The fraction of sp³-hybridized carbons (Fsp3) is 0.429. The van der Waals surface area contributed by atoms with Gasteiger partial charge in [0.05, 0.1) is 5.75 Å². The molecular weight excluding hydrogens is 300 g/mol. The number of thioether (sulfide) groups is 1. The number of hydrogen-bond acceptors (Lipinski definition) is 6. The molecule has 8 heteroatoms. The Labute approximate surface area is 133 Å². The minimum absolute atomic E-state index is 0.0443. The second-order valence-corrected chi connectivity index (χ2v) is 6.25. The summed E-state index contributed by atoms with van der Waals surface area (Å²) in [5.74, 6) is 7.10. The highest BCUT2D eigenvalue weighted by atomic mass is 32.2. The molecule has 0 aliphatic carbocycles. The topological polar surface area (TPSA) is 98.7 Å². The number of pyridine rings is 1.